The maximum absolute atomic E-state index is 14.3. The van der Waals surface area contributed by atoms with Crippen molar-refractivity contribution >= 4 is 43.2 Å². The molecule has 6 nitrogen and oxygen atoms in total. The molecule has 0 amide bonds. The molecule has 5 rings (SSSR count). The lowest BCUT2D eigenvalue weighted by molar-refractivity contribution is -0.141. The average molecular weight is 684 g/mol. The van der Waals surface area contributed by atoms with Crippen molar-refractivity contribution in [2.45, 2.75) is 89.8 Å². The van der Waals surface area contributed by atoms with Crippen LogP contribution in [0.4, 0.5) is 4.39 Å². The molecule has 1 saturated heterocycles. The largest absolute Gasteiger partial charge is 0.480 e. The van der Waals surface area contributed by atoms with E-state index in [4.69, 9.17) is 5.10 Å². The second-order valence-electron chi connectivity index (χ2n) is 12.6. The number of piperidine rings is 1. The van der Waals surface area contributed by atoms with Crippen molar-refractivity contribution in [3.63, 3.8) is 0 Å². The number of nitrogens with zero attached hydrogens (tertiary/aromatic N) is 3. The number of aromatic nitrogens is 2. The van der Waals surface area contributed by atoms with Crippen molar-refractivity contribution < 1.29 is 14.3 Å². The van der Waals surface area contributed by atoms with Crippen molar-refractivity contribution in [2.75, 3.05) is 19.6 Å². The summed E-state index contributed by atoms with van der Waals surface area (Å²) in [7, 11) is 0. The first-order valence-electron chi connectivity index (χ1n) is 15.9. The number of benzene rings is 2. The number of nitrogens with one attached hydrogen (secondary N) is 1. The summed E-state index contributed by atoms with van der Waals surface area (Å²) in [5.74, 6) is 0.136. The first-order valence-corrected chi connectivity index (χ1v) is 15.9. The van der Waals surface area contributed by atoms with E-state index in [0.29, 0.717) is 11.8 Å². The standard InChI is InChI=1S/C35H47FN4O2.3ClH/c1-4-24(3)34(35(41)42)37-30-20-28(32(21-30)27-12-9-13-29(36)19-27)23-39-16-14-26(15-17-39)33-22-31(38-40(33)5-2)18-25-10-7-6-8-11-25;;;/h6-13,19,22,24,26,28,30,32,34,37H,4-5,14-18,20-21,23H2,1-3H3,(H,41,42);3*1H/t24-,28?,30?,32?,34-;;;/m1.../s1. The Morgan fingerprint density at radius 1 is 1.02 bits per heavy atom. The number of hydrogen-bond acceptors (Lipinski definition) is 4. The molecule has 1 aliphatic carbocycles. The first kappa shape index (κ1) is 39.0. The van der Waals surface area contributed by atoms with Gasteiger partial charge in [0.05, 0.1) is 5.69 Å². The van der Waals surface area contributed by atoms with Gasteiger partial charge in [-0.15, -0.1) is 37.2 Å². The predicted molar refractivity (Wildman–Crippen MR) is 187 cm³/mol. The number of halogens is 4. The SMILES string of the molecule is CC[C@@H](C)[C@@H](NC1CC(CN2CCC(c3cc(Cc4ccccc4)nn3CC)CC2)C(c2cccc(F)c2)C1)C(=O)O.Cl.Cl.Cl. The molecule has 2 N–H and O–H groups in total. The molecule has 10 heteroatoms. The van der Waals surface area contributed by atoms with Crippen LogP contribution in [0.2, 0.25) is 0 Å². The fourth-order valence-corrected chi connectivity index (χ4v) is 7.28. The summed E-state index contributed by atoms with van der Waals surface area (Å²) in [5, 5.41) is 18.3. The van der Waals surface area contributed by atoms with Crippen LogP contribution in [-0.4, -0.2) is 57.5 Å². The molecule has 2 aliphatic rings. The maximum atomic E-state index is 14.3. The van der Waals surface area contributed by atoms with E-state index in [2.05, 4.69) is 58.2 Å². The summed E-state index contributed by atoms with van der Waals surface area (Å²) in [4.78, 5) is 14.6. The molecule has 2 heterocycles. The van der Waals surface area contributed by atoms with E-state index >= 15 is 0 Å². The van der Waals surface area contributed by atoms with Crippen LogP contribution in [0.25, 0.3) is 0 Å². The number of likely N-dealkylation sites (tertiary alicyclic amines) is 1. The summed E-state index contributed by atoms with van der Waals surface area (Å²) in [6.45, 7) is 10.1. The third-order valence-electron chi connectivity index (χ3n) is 9.75. The third-order valence-corrected chi connectivity index (χ3v) is 9.75. The van der Waals surface area contributed by atoms with Gasteiger partial charge < -0.3 is 15.3 Å². The van der Waals surface area contributed by atoms with Crippen LogP contribution in [-0.2, 0) is 17.8 Å². The van der Waals surface area contributed by atoms with Crippen LogP contribution in [0.1, 0.15) is 87.2 Å². The van der Waals surface area contributed by atoms with Gasteiger partial charge in [0.2, 0.25) is 0 Å². The van der Waals surface area contributed by atoms with E-state index < -0.39 is 12.0 Å². The van der Waals surface area contributed by atoms with E-state index in [9.17, 15) is 14.3 Å². The highest BCUT2D eigenvalue weighted by Gasteiger charge is 2.39. The minimum atomic E-state index is -0.782. The highest BCUT2D eigenvalue weighted by atomic mass is 35.5. The van der Waals surface area contributed by atoms with Gasteiger partial charge >= 0.3 is 5.97 Å². The normalized spacial score (nSPS) is 21.6. The highest BCUT2D eigenvalue weighted by Crippen LogP contribution is 2.42. The number of aliphatic carboxylic acids is 1. The second-order valence-corrected chi connectivity index (χ2v) is 12.6. The number of hydrogen-bond donors (Lipinski definition) is 2. The monoisotopic (exact) mass is 682 g/mol. The average Bonchev–Trinajstić information content (AvgIpc) is 3.60. The Morgan fingerprint density at radius 2 is 1.73 bits per heavy atom. The number of carbonyl (C=O) groups is 1. The van der Waals surface area contributed by atoms with Gasteiger partial charge in [-0.2, -0.15) is 5.10 Å². The smallest absolute Gasteiger partial charge is 0.320 e. The van der Waals surface area contributed by atoms with E-state index in [0.717, 1.165) is 76.0 Å². The second kappa shape index (κ2) is 18.2. The van der Waals surface area contributed by atoms with E-state index in [1.165, 1.54) is 17.3 Å². The molecule has 1 aliphatic heterocycles. The molecule has 1 saturated carbocycles. The first-order chi connectivity index (χ1) is 20.3. The van der Waals surface area contributed by atoms with Crippen molar-refractivity contribution in [3.8, 4) is 0 Å². The zero-order chi connectivity index (χ0) is 29.6. The van der Waals surface area contributed by atoms with Crippen LogP contribution in [0.5, 0.6) is 0 Å². The molecule has 250 valence electrons. The Morgan fingerprint density at radius 3 is 2.36 bits per heavy atom. The van der Waals surface area contributed by atoms with Gasteiger partial charge in [-0.1, -0.05) is 62.7 Å². The molecular formula is C35H50Cl3FN4O2. The summed E-state index contributed by atoms with van der Waals surface area (Å²) in [5.41, 5.74) is 4.82. The molecular weight excluding hydrogens is 634 g/mol. The van der Waals surface area contributed by atoms with Crippen LogP contribution in [0.3, 0.4) is 0 Å². The zero-order valence-corrected chi connectivity index (χ0v) is 29.1. The Balaban J connectivity index is 0.00000235. The topological polar surface area (TPSA) is 70.4 Å². The summed E-state index contributed by atoms with van der Waals surface area (Å²) in [6.07, 6.45) is 5.62. The van der Waals surface area contributed by atoms with Gasteiger partial charge in [-0.3, -0.25) is 9.48 Å². The van der Waals surface area contributed by atoms with Crippen LogP contribution in [0, 0.1) is 17.7 Å². The van der Waals surface area contributed by atoms with Crippen molar-refractivity contribution in [2.24, 2.45) is 11.8 Å². The Kier molecular flexibility index (Phi) is 15.8. The van der Waals surface area contributed by atoms with Crippen LogP contribution in [0.15, 0.2) is 60.7 Å². The molecule has 0 radical (unpaired) electrons. The number of carboxylic acid groups (broad SMARTS) is 1. The fourth-order valence-electron chi connectivity index (χ4n) is 7.28. The summed E-state index contributed by atoms with van der Waals surface area (Å²) >= 11 is 0. The quantitative estimate of drug-likeness (QED) is 0.205. The maximum Gasteiger partial charge on any atom is 0.320 e. The van der Waals surface area contributed by atoms with Gasteiger partial charge in [0.1, 0.15) is 11.9 Å². The van der Waals surface area contributed by atoms with Gasteiger partial charge in [0, 0.05) is 37.2 Å². The predicted octanol–water partition coefficient (Wildman–Crippen LogP) is 7.73. The van der Waals surface area contributed by atoms with Gasteiger partial charge in [0.25, 0.3) is 0 Å². The van der Waals surface area contributed by atoms with Gasteiger partial charge in [0.15, 0.2) is 0 Å². The minimum absolute atomic E-state index is 0. The van der Waals surface area contributed by atoms with E-state index in [1.54, 1.807) is 12.1 Å². The third kappa shape index (κ3) is 9.92. The van der Waals surface area contributed by atoms with Crippen molar-refractivity contribution in [1.29, 1.82) is 0 Å². The Hall–Kier alpha value is -2.16. The molecule has 0 spiro atoms. The zero-order valence-electron chi connectivity index (χ0n) is 26.6. The highest BCUT2D eigenvalue weighted by molar-refractivity contribution is 5.86. The van der Waals surface area contributed by atoms with Gasteiger partial charge in [-0.25, -0.2) is 4.39 Å². The van der Waals surface area contributed by atoms with Crippen LogP contribution >= 0.6 is 37.2 Å². The fraction of sp³-hybridized carbons (Fsp3) is 0.543. The van der Waals surface area contributed by atoms with Crippen molar-refractivity contribution in [3.05, 3.63) is 89.0 Å². The van der Waals surface area contributed by atoms with Gasteiger partial charge in [-0.05, 0) is 92.8 Å². The lowest BCUT2D eigenvalue weighted by Crippen LogP contribution is -2.46. The number of carboxylic acids is 1. The van der Waals surface area contributed by atoms with E-state index in [-0.39, 0.29) is 60.9 Å². The van der Waals surface area contributed by atoms with Crippen LogP contribution < -0.4 is 5.32 Å². The number of aryl methyl sites for hydroxylation is 1. The minimum Gasteiger partial charge on any atom is -0.480 e. The molecule has 0 bridgehead atoms. The van der Waals surface area contributed by atoms with Crippen molar-refractivity contribution in [1.82, 2.24) is 20.0 Å². The lowest BCUT2D eigenvalue weighted by atomic mass is 9.87. The molecule has 2 fully saturated rings. The Labute approximate surface area is 286 Å². The molecule has 3 aromatic rings. The molecule has 45 heavy (non-hydrogen) atoms. The Bertz CT molecular complexity index is 1320. The lowest BCUT2D eigenvalue weighted by Gasteiger charge is -2.35. The molecule has 3 unspecified atom stereocenters. The van der Waals surface area contributed by atoms with E-state index in [1.807, 2.05) is 19.9 Å². The summed E-state index contributed by atoms with van der Waals surface area (Å²) in [6, 6.07) is 19.4. The summed E-state index contributed by atoms with van der Waals surface area (Å²) < 4.78 is 16.4. The molecule has 5 atom stereocenters. The molecule has 1 aromatic heterocycles. The molecule has 2 aromatic carbocycles. The number of rotatable bonds is 12.